The highest BCUT2D eigenvalue weighted by molar-refractivity contribution is 6.00. The number of phenolic OH excluding ortho intramolecular Hbond substituents is 1. The number of nitrogens with one attached hydrogen (secondary N) is 1. The molecule has 0 aliphatic rings. The zero-order valence-electron chi connectivity index (χ0n) is 16.6. The van der Waals surface area contributed by atoms with E-state index in [0.717, 1.165) is 11.1 Å². The summed E-state index contributed by atoms with van der Waals surface area (Å²) < 4.78 is 0. The first-order chi connectivity index (χ1) is 12.7. The summed E-state index contributed by atoms with van der Waals surface area (Å²) in [5.74, 6) is -0.0282. The molecule has 0 fully saturated rings. The second kappa shape index (κ2) is 9.04. The minimum Gasteiger partial charge on any atom is -0.508 e. The molecule has 0 saturated heterocycles. The van der Waals surface area contributed by atoms with Gasteiger partial charge in [0.15, 0.2) is 0 Å². The minimum absolute atomic E-state index is 0.170. The van der Waals surface area contributed by atoms with Gasteiger partial charge in [-0.05, 0) is 81.2 Å². The van der Waals surface area contributed by atoms with E-state index >= 15 is 0 Å². The number of hydrogen-bond donors (Lipinski definition) is 2. The average Bonchev–Trinajstić information content (AvgIpc) is 2.60. The molecule has 2 aromatic carbocycles. The molecule has 0 radical (unpaired) electrons. The van der Waals surface area contributed by atoms with Crippen molar-refractivity contribution in [1.29, 1.82) is 0 Å². The minimum atomic E-state index is -0.199. The summed E-state index contributed by atoms with van der Waals surface area (Å²) in [7, 11) is 0. The van der Waals surface area contributed by atoms with Gasteiger partial charge in [0.05, 0.1) is 0 Å². The van der Waals surface area contributed by atoms with Crippen molar-refractivity contribution in [3.8, 4) is 5.75 Å². The first kappa shape index (κ1) is 20.2. The number of hydrogen-bond acceptors (Lipinski definition) is 2. The third-order valence-electron chi connectivity index (χ3n) is 4.34. The van der Waals surface area contributed by atoms with Crippen LogP contribution in [0.25, 0.3) is 5.57 Å². The molecule has 0 aliphatic carbocycles. The molecule has 0 unspecified atom stereocenters. The van der Waals surface area contributed by atoms with Gasteiger partial charge in [0, 0.05) is 11.8 Å². The molecule has 27 heavy (non-hydrogen) atoms. The second-order valence-corrected chi connectivity index (χ2v) is 6.94. The average molecular weight is 361 g/mol. The second-order valence-electron chi connectivity index (χ2n) is 6.94. The SMILES string of the molecule is CC(/C=C/C(C)=C/C(=O)Nc1ccc(O)cc1)=C(\C)c1cc(C)cc(C)c1. The van der Waals surface area contributed by atoms with Gasteiger partial charge in [-0.2, -0.15) is 0 Å². The van der Waals surface area contributed by atoms with Gasteiger partial charge in [-0.3, -0.25) is 4.79 Å². The van der Waals surface area contributed by atoms with E-state index in [1.54, 1.807) is 18.2 Å². The number of aromatic hydroxyl groups is 1. The smallest absolute Gasteiger partial charge is 0.248 e. The molecule has 0 saturated carbocycles. The van der Waals surface area contributed by atoms with Crippen LogP contribution in [0, 0.1) is 13.8 Å². The number of benzene rings is 2. The van der Waals surface area contributed by atoms with Crippen molar-refractivity contribution in [2.24, 2.45) is 0 Å². The van der Waals surface area contributed by atoms with Crippen molar-refractivity contribution in [3.63, 3.8) is 0 Å². The molecule has 3 heteroatoms. The van der Waals surface area contributed by atoms with Crippen LogP contribution < -0.4 is 5.32 Å². The number of carbonyl (C=O) groups is 1. The number of anilines is 1. The highest BCUT2D eigenvalue weighted by Gasteiger charge is 2.02. The van der Waals surface area contributed by atoms with Crippen LogP contribution in [0.3, 0.4) is 0 Å². The number of phenols is 1. The lowest BCUT2D eigenvalue weighted by Crippen LogP contribution is -2.08. The topological polar surface area (TPSA) is 49.3 Å². The lowest BCUT2D eigenvalue weighted by Gasteiger charge is -2.08. The zero-order chi connectivity index (χ0) is 20.0. The van der Waals surface area contributed by atoms with Gasteiger partial charge in [-0.15, -0.1) is 0 Å². The van der Waals surface area contributed by atoms with E-state index in [4.69, 9.17) is 0 Å². The standard InChI is InChI=1S/C24H27NO2/c1-16(15-24(27)25-22-8-10-23(26)11-9-22)6-7-19(4)20(5)21-13-17(2)12-18(3)14-21/h6-15,26H,1-5H3,(H,25,27)/b7-6+,16-15+,20-19-. The molecule has 0 spiro atoms. The molecule has 3 nitrogen and oxygen atoms in total. The highest BCUT2D eigenvalue weighted by atomic mass is 16.3. The fourth-order valence-corrected chi connectivity index (χ4v) is 2.78. The molecule has 140 valence electrons. The molecule has 0 heterocycles. The number of carbonyl (C=O) groups excluding carboxylic acids is 1. The van der Waals surface area contributed by atoms with Gasteiger partial charge in [-0.1, -0.05) is 41.5 Å². The maximum Gasteiger partial charge on any atom is 0.248 e. The van der Waals surface area contributed by atoms with Crippen LogP contribution in [0.15, 0.2) is 71.8 Å². The Labute approximate surface area is 161 Å². The molecule has 0 bridgehead atoms. The van der Waals surface area contributed by atoms with E-state index in [9.17, 15) is 9.90 Å². The first-order valence-corrected chi connectivity index (χ1v) is 8.97. The Kier molecular flexibility index (Phi) is 6.78. The molecular weight excluding hydrogens is 334 g/mol. The molecule has 2 aromatic rings. The predicted octanol–water partition coefficient (Wildman–Crippen LogP) is 5.94. The van der Waals surface area contributed by atoms with Crippen molar-refractivity contribution in [3.05, 3.63) is 88.5 Å². The maximum atomic E-state index is 12.1. The van der Waals surface area contributed by atoms with Crippen LogP contribution in [-0.2, 0) is 4.79 Å². The van der Waals surface area contributed by atoms with Crippen LogP contribution in [0.1, 0.15) is 37.5 Å². The van der Waals surface area contributed by atoms with Crippen LogP contribution >= 0.6 is 0 Å². The largest absolute Gasteiger partial charge is 0.508 e. The summed E-state index contributed by atoms with van der Waals surface area (Å²) in [6.07, 6.45) is 5.54. The third-order valence-corrected chi connectivity index (χ3v) is 4.34. The molecule has 0 aliphatic heterocycles. The molecule has 2 rings (SSSR count). The Morgan fingerprint density at radius 1 is 0.926 bits per heavy atom. The van der Waals surface area contributed by atoms with Gasteiger partial charge in [-0.25, -0.2) is 0 Å². The molecular formula is C24H27NO2. The lowest BCUT2D eigenvalue weighted by atomic mass is 9.98. The normalized spacial score (nSPS) is 12.9. The van der Waals surface area contributed by atoms with Crippen LogP contribution in [-0.4, -0.2) is 11.0 Å². The number of amides is 1. The summed E-state index contributed by atoms with van der Waals surface area (Å²) in [5, 5.41) is 12.1. The Bertz CT molecular complexity index is 896. The van der Waals surface area contributed by atoms with Gasteiger partial charge in [0.1, 0.15) is 5.75 Å². The summed E-state index contributed by atoms with van der Waals surface area (Å²) in [5.41, 5.74) is 7.62. The Morgan fingerprint density at radius 2 is 1.52 bits per heavy atom. The van der Waals surface area contributed by atoms with Gasteiger partial charge in [0.25, 0.3) is 0 Å². The molecule has 1 amide bonds. The van der Waals surface area contributed by atoms with E-state index in [2.05, 4.69) is 51.2 Å². The van der Waals surface area contributed by atoms with E-state index in [0.29, 0.717) is 5.69 Å². The lowest BCUT2D eigenvalue weighted by molar-refractivity contribution is -0.111. The van der Waals surface area contributed by atoms with Crippen LogP contribution in [0.4, 0.5) is 5.69 Å². The number of rotatable bonds is 5. The first-order valence-electron chi connectivity index (χ1n) is 8.97. The van der Waals surface area contributed by atoms with Crippen molar-refractivity contribution < 1.29 is 9.90 Å². The Morgan fingerprint density at radius 3 is 2.11 bits per heavy atom. The van der Waals surface area contributed by atoms with E-state index in [1.807, 2.05) is 19.1 Å². The number of aryl methyl sites for hydroxylation is 2. The third kappa shape index (κ3) is 6.30. The summed E-state index contributed by atoms with van der Waals surface area (Å²) in [4.78, 5) is 12.1. The Hall–Kier alpha value is -3.07. The number of allylic oxidation sites excluding steroid dienone is 5. The van der Waals surface area contributed by atoms with Crippen molar-refractivity contribution in [2.45, 2.75) is 34.6 Å². The molecule has 0 atom stereocenters. The fourth-order valence-electron chi connectivity index (χ4n) is 2.78. The maximum absolute atomic E-state index is 12.1. The van der Waals surface area contributed by atoms with Crippen molar-refractivity contribution in [2.75, 3.05) is 5.32 Å². The summed E-state index contributed by atoms with van der Waals surface area (Å²) in [6.45, 7) is 10.3. The molecule has 0 aromatic heterocycles. The fraction of sp³-hybridized carbons (Fsp3) is 0.208. The monoisotopic (exact) mass is 361 g/mol. The van der Waals surface area contributed by atoms with Gasteiger partial charge < -0.3 is 10.4 Å². The van der Waals surface area contributed by atoms with E-state index in [1.165, 1.54) is 34.4 Å². The highest BCUT2D eigenvalue weighted by Crippen LogP contribution is 2.22. The van der Waals surface area contributed by atoms with Crippen LogP contribution in [0.2, 0.25) is 0 Å². The zero-order valence-corrected chi connectivity index (χ0v) is 16.6. The van der Waals surface area contributed by atoms with E-state index in [-0.39, 0.29) is 11.7 Å². The van der Waals surface area contributed by atoms with Crippen molar-refractivity contribution in [1.82, 2.24) is 0 Å². The van der Waals surface area contributed by atoms with E-state index < -0.39 is 0 Å². The molecule has 2 N–H and O–H groups in total. The van der Waals surface area contributed by atoms with Gasteiger partial charge >= 0.3 is 0 Å². The predicted molar refractivity (Wildman–Crippen MR) is 114 cm³/mol. The van der Waals surface area contributed by atoms with Crippen molar-refractivity contribution >= 4 is 17.2 Å². The summed E-state index contributed by atoms with van der Waals surface area (Å²) in [6, 6.07) is 12.9. The van der Waals surface area contributed by atoms with Gasteiger partial charge in [0.2, 0.25) is 5.91 Å². The Balaban J connectivity index is 2.09. The quantitative estimate of drug-likeness (QED) is 0.393. The van der Waals surface area contributed by atoms with Crippen LogP contribution in [0.5, 0.6) is 5.75 Å². The summed E-state index contributed by atoms with van der Waals surface area (Å²) >= 11 is 0.